The van der Waals surface area contributed by atoms with Gasteiger partial charge in [-0.25, -0.2) is 0 Å². The van der Waals surface area contributed by atoms with E-state index in [1.807, 2.05) is 0 Å². The van der Waals surface area contributed by atoms with Gasteiger partial charge in [0.1, 0.15) is 6.10 Å². The molecule has 0 aromatic heterocycles. The highest BCUT2D eigenvalue weighted by Crippen LogP contribution is 2.33. The Morgan fingerprint density at radius 2 is 1.67 bits per heavy atom. The van der Waals surface area contributed by atoms with Gasteiger partial charge in [-0.15, -0.1) is 0 Å². The molecule has 0 heterocycles. The zero-order chi connectivity index (χ0) is 13.4. The standard InChI is InChI=1S/C15H22F2O/c1-2-3-4-5-9-12-14(18)15(16,17)13-10-7-6-8-11-13/h6-8,10-11,14,18H,2-5,9,12H2,1H3. The van der Waals surface area contributed by atoms with Gasteiger partial charge in [0.15, 0.2) is 0 Å². The molecule has 0 saturated heterocycles. The number of benzene rings is 1. The molecule has 0 radical (unpaired) electrons. The third kappa shape index (κ3) is 4.37. The van der Waals surface area contributed by atoms with Gasteiger partial charge in [-0.05, 0) is 6.42 Å². The first-order valence-corrected chi connectivity index (χ1v) is 6.70. The van der Waals surface area contributed by atoms with Crippen LogP contribution in [0, 0.1) is 0 Å². The average molecular weight is 256 g/mol. The second-order valence-electron chi connectivity index (χ2n) is 4.71. The van der Waals surface area contributed by atoms with Crippen molar-refractivity contribution >= 4 is 0 Å². The molecule has 3 heteroatoms. The summed E-state index contributed by atoms with van der Waals surface area (Å²) in [5, 5.41) is 9.64. The monoisotopic (exact) mass is 256 g/mol. The molecule has 0 spiro atoms. The highest BCUT2D eigenvalue weighted by molar-refractivity contribution is 5.21. The van der Waals surface area contributed by atoms with Crippen LogP contribution in [0.2, 0.25) is 0 Å². The molecule has 18 heavy (non-hydrogen) atoms. The van der Waals surface area contributed by atoms with Gasteiger partial charge in [0, 0.05) is 5.56 Å². The number of alkyl halides is 2. The molecule has 102 valence electrons. The topological polar surface area (TPSA) is 20.2 Å². The summed E-state index contributed by atoms with van der Waals surface area (Å²) in [4.78, 5) is 0. The molecule has 1 aromatic carbocycles. The third-order valence-electron chi connectivity index (χ3n) is 3.16. The van der Waals surface area contributed by atoms with Crippen LogP contribution in [-0.4, -0.2) is 11.2 Å². The predicted molar refractivity (Wildman–Crippen MR) is 69.7 cm³/mol. The first-order valence-electron chi connectivity index (χ1n) is 6.70. The molecule has 0 aliphatic rings. The first kappa shape index (κ1) is 15.1. The largest absolute Gasteiger partial charge is 0.386 e. The Morgan fingerprint density at radius 3 is 2.28 bits per heavy atom. The van der Waals surface area contributed by atoms with Crippen LogP contribution in [-0.2, 0) is 5.92 Å². The van der Waals surface area contributed by atoms with E-state index in [0.29, 0.717) is 6.42 Å². The number of halogens is 2. The van der Waals surface area contributed by atoms with Crippen molar-refractivity contribution < 1.29 is 13.9 Å². The third-order valence-corrected chi connectivity index (χ3v) is 3.16. The molecule has 1 rings (SSSR count). The fraction of sp³-hybridized carbons (Fsp3) is 0.600. The van der Waals surface area contributed by atoms with Gasteiger partial charge < -0.3 is 5.11 Å². The number of unbranched alkanes of at least 4 members (excludes halogenated alkanes) is 4. The lowest BCUT2D eigenvalue weighted by Crippen LogP contribution is -2.30. The maximum Gasteiger partial charge on any atom is 0.298 e. The number of aliphatic hydroxyl groups is 1. The van der Waals surface area contributed by atoms with E-state index in [9.17, 15) is 13.9 Å². The van der Waals surface area contributed by atoms with Crippen LogP contribution in [0.5, 0.6) is 0 Å². The van der Waals surface area contributed by atoms with Crippen molar-refractivity contribution in [3.05, 3.63) is 35.9 Å². The summed E-state index contributed by atoms with van der Waals surface area (Å²) in [6, 6.07) is 7.55. The van der Waals surface area contributed by atoms with Gasteiger partial charge in [-0.1, -0.05) is 69.4 Å². The van der Waals surface area contributed by atoms with Crippen molar-refractivity contribution in [2.24, 2.45) is 0 Å². The number of rotatable bonds is 8. The van der Waals surface area contributed by atoms with Gasteiger partial charge in [0.05, 0.1) is 0 Å². The van der Waals surface area contributed by atoms with Crippen molar-refractivity contribution in [2.75, 3.05) is 0 Å². The van der Waals surface area contributed by atoms with E-state index in [0.717, 1.165) is 25.7 Å². The second kappa shape index (κ2) is 7.47. The molecular weight excluding hydrogens is 234 g/mol. The van der Waals surface area contributed by atoms with E-state index in [1.165, 1.54) is 12.1 Å². The average Bonchev–Trinajstić information content (AvgIpc) is 2.39. The van der Waals surface area contributed by atoms with Crippen LogP contribution in [0.25, 0.3) is 0 Å². The molecule has 0 amide bonds. The van der Waals surface area contributed by atoms with E-state index >= 15 is 0 Å². The summed E-state index contributed by atoms with van der Waals surface area (Å²) < 4.78 is 27.7. The minimum absolute atomic E-state index is 0.106. The molecule has 1 unspecified atom stereocenters. The maximum atomic E-state index is 13.9. The molecule has 0 fully saturated rings. The van der Waals surface area contributed by atoms with Crippen LogP contribution in [0.1, 0.15) is 51.0 Å². The van der Waals surface area contributed by atoms with Crippen LogP contribution < -0.4 is 0 Å². The lowest BCUT2D eigenvalue weighted by atomic mass is 9.98. The molecule has 0 bridgehead atoms. The van der Waals surface area contributed by atoms with E-state index < -0.39 is 12.0 Å². The predicted octanol–water partition coefficient (Wildman–Crippen LogP) is 4.50. The molecule has 0 aliphatic carbocycles. The van der Waals surface area contributed by atoms with Crippen LogP contribution in [0.3, 0.4) is 0 Å². The normalized spacial score (nSPS) is 13.6. The van der Waals surface area contributed by atoms with Crippen molar-refractivity contribution in [2.45, 2.75) is 57.5 Å². The second-order valence-corrected chi connectivity index (χ2v) is 4.71. The highest BCUT2D eigenvalue weighted by atomic mass is 19.3. The molecule has 1 aromatic rings. The Morgan fingerprint density at radius 1 is 1.06 bits per heavy atom. The number of hydrogen-bond donors (Lipinski definition) is 1. The van der Waals surface area contributed by atoms with Gasteiger partial charge in [0.2, 0.25) is 0 Å². The molecule has 1 nitrogen and oxygen atoms in total. The highest BCUT2D eigenvalue weighted by Gasteiger charge is 2.39. The summed E-state index contributed by atoms with van der Waals surface area (Å²) in [6.07, 6.45) is 3.46. The van der Waals surface area contributed by atoms with Crippen LogP contribution >= 0.6 is 0 Å². The summed E-state index contributed by atoms with van der Waals surface area (Å²) in [5.41, 5.74) is -0.106. The molecule has 1 N–H and O–H groups in total. The van der Waals surface area contributed by atoms with Gasteiger partial charge >= 0.3 is 0 Å². The Bertz CT molecular complexity index is 325. The van der Waals surface area contributed by atoms with Crippen molar-refractivity contribution in [3.8, 4) is 0 Å². The molecule has 0 saturated carbocycles. The van der Waals surface area contributed by atoms with Gasteiger partial charge in [0.25, 0.3) is 5.92 Å². The zero-order valence-corrected chi connectivity index (χ0v) is 10.9. The summed E-state index contributed by atoms with van der Waals surface area (Å²) in [7, 11) is 0. The summed E-state index contributed by atoms with van der Waals surface area (Å²) in [5.74, 6) is -3.15. The van der Waals surface area contributed by atoms with E-state index in [2.05, 4.69) is 6.92 Å². The number of aliphatic hydroxyl groups excluding tert-OH is 1. The minimum atomic E-state index is -3.15. The van der Waals surface area contributed by atoms with Crippen LogP contribution in [0.4, 0.5) is 8.78 Å². The first-order chi connectivity index (χ1) is 8.59. The van der Waals surface area contributed by atoms with Gasteiger partial charge in [-0.3, -0.25) is 0 Å². The zero-order valence-electron chi connectivity index (χ0n) is 10.9. The van der Waals surface area contributed by atoms with Crippen molar-refractivity contribution in [1.29, 1.82) is 0 Å². The molecule has 0 aliphatic heterocycles. The van der Waals surface area contributed by atoms with Crippen LogP contribution in [0.15, 0.2) is 30.3 Å². The van der Waals surface area contributed by atoms with Crippen molar-refractivity contribution in [3.63, 3.8) is 0 Å². The molecular formula is C15H22F2O. The minimum Gasteiger partial charge on any atom is -0.386 e. The lowest BCUT2D eigenvalue weighted by Gasteiger charge is -2.22. The van der Waals surface area contributed by atoms with Gasteiger partial charge in [-0.2, -0.15) is 8.78 Å². The smallest absolute Gasteiger partial charge is 0.298 e. The summed E-state index contributed by atoms with van der Waals surface area (Å²) >= 11 is 0. The SMILES string of the molecule is CCCCCCCC(O)C(F)(F)c1ccccc1. The number of hydrogen-bond acceptors (Lipinski definition) is 1. The Hall–Kier alpha value is -0.960. The molecule has 1 atom stereocenters. The van der Waals surface area contributed by atoms with E-state index in [-0.39, 0.29) is 12.0 Å². The fourth-order valence-electron chi connectivity index (χ4n) is 1.98. The Labute approximate surface area is 108 Å². The lowest BCUT2D eigenvalue weighted by molar-refractivity contribution is -0.118. The maximum absolute atomic E-state index is 13.9. The Balaban J connectivity index is 2.42. The quantitative estimate of drug-likeness (QED) is 0.679. The summed E-state index contributed by atoms with van der Waals surface area (Å²) in [6.45, 7) is 2.11. The van der Waals surface area contributed by atoms with E-state index in [4.69, 9.17) is 0 Å². The fourth-order valence-corrected chi connectivity index (χ4v) is 1.98. The van der Waals surface area contributed by atoms with E-state index in [1.54, 1.807) is 18.2 Å². The Kier molecular flexibility index (Phi) is 6.27. The van der Waals surface area contributed by atoms with Crippen molar-refractivity contribution in [1.82, 2.24) is 0 Å².